The van der Waals surface area contributed by atoms with E-state index in [1.807, 2.05) is 0 Å². The van der Waals surface area contributed by atoms with Gasteiger partial charge in [-0.05, 0) is 42.5 Å². The van der Waals surface area contributed by atoms with Crippen LogP contribution in [0.5, 0.6) is 5.75 Å². The molecule has 0 fully saturated rings. The minimum atomic E-state index is -0.432. The zero-order valence-electron chi connectivity index (χ0n) is 17.1. The summed E-state index contributed by atoms with van der Waals surface area (Å²) in [5.74, 6) is -0.490. The molecule has 0 spiro atoms. The van der Waals surface area contributed by atoms with E-state index in [4.69, 9.17) is 16.3 Å². The number of anilines is 1. The van der Waals surface area contributed by atoms with Crippen LogP contribution in [0.15, 0.2) is 72.8 Å². The molecule has 7 heteroatoms. The van der Waals surface area contributed by atoms with Crippen LogP contribution in [-0.4, -0.2) is 43.2 Å². The van der Waals surface area contributed by atoms with Crippen LogP contribution in [0.3, 0.4) is 0 Å². The van der Waals surface area contributed by atoms with Gasteiger partial charge >= 0.3 is 0 Å². The maximum atomic E-state index is 13.0. The van der Waals surface area contributed by atoms with Gasteiger partial charge < -0.3 is 15.0 Å². The summed E-state index contributed by atoms with van der Waals surface area (Å²) < 4.78 is 5.14. The lowest BCUT2D eigenvalue weighted by atomic mass is 9.97. The van der Waals surface area contributed by atoms with Gasteiger partial charge in [-0.3, -0.25) is 14.4 Å². The number of likely N-dealkylation sites (N-methyl/N-ethyl adjacent to an activating group) is 1. The number of benzene rings is 3. The molecule has 0 unspecified atom stereocenters. The van der Waals surface area contributed by atoms with E-state index in [0.29, 0.717) is 22.0 Å². The van der Waals surface area contributed by atoms with Crippen molar-refractivity contribution >= 4 is 34.9 Å². The molecule has 6 nitrogen and oxygen atoms in total. The lowest BCUT2D eigenvalue weighted by molar-refractivity contribution is -0.116. The highest BCUT2D eigenvalue weighted by Gasteiger charge is 2.22. The zero-order valence-corrected chi connectivity index (χ0v) is 17.8. The average Bonchev–Trinajstić information content (AvgIpc) is 2.78. The fourth-order valence-electron chi connectivity index (χ4n) is 3.02. The van der Waals surface area contributed by atoms with E-state index in [1.165, 1.54) is 19.1 Å². The Morgan fingerprint density at radius 3 is 2.29 bits per heavy atom. The van der Waals surface area contributed by atoms with Gasteiger partial charge in [0, 0.05) is 35.0 Å². The molecule has 3 rings (SSSR count). The van der Waals surface area contributed by atoms with Crippen LogP contribution in [-0.2, 0) is 4.79 Å². The molecular weight excluding hydrogens is 416 g/mol. The van der Waals surface area contributed by atoms with Crippen molar-refractivity contribution in [2.24, 2.45) is 0 Å². The summed E-state index contributed by atoms with van der Waals surface area (Å²) in [5.41, 5.74) is 1.46. The molecule has 0 bridgehead atoms. The summed E-state index contributed by atoms with van der Waals surface area (Å²) in [6.07, 6.45) is 0. The Labute approximate surface area is 185 Å². The minimum absolute atomic E-state index is 0.181. The third-order valence-corrected chi connectivity index (χ3v) is 4.84. The van der Waals surface area contributed by atoms with Gasteiger partial charge in [0.1, 0.15) is 5.75 Å². The summed E-state index contributed by atoms with van der Waals surface area (Å²) in [6, 6.07) is 19.9. The minimum Gasteiger partial charge on any atom is -0.497 e. The molecule has 158 valence electrons. The van der Waals surface area contributed by atoms with Crippen LogP contribution in [0.4, 0.5) is 5.69 Å². The number of halogens is 1. The normalized spacial score (nSPS) is 10.3. The maximum absolute atomic E-state index is 13.0. The van der Waals surface area contributed by atoms with E-state index in [0.717, 1.165) is 0 Å². The average molecular weight is 437 g/mol. The Bertz CT molecular complexity index is 1110. The highest BCUT2D eigenvalue weighted by Crippen LogP contribution is 2.19. The number of hydrogen-bond acceptors (Lipinski definition) is 4. The van der Waals surface area contributed by atoms with Gasteiger partial charge in [0.05, 0.1) is 19.2 Å². The van der Waals surface area contributed by atoms with Gasteiger partial charge in [-0.1, -0.05) is 35.9 Å². The van der Waals surface area contributed by atoms with Crippen LogP contribution >= 0.6 is 11.6 Å². The first-order chi connectivity index (χ1) is 14.9. The fourth-order valence-corrected chi connectivity index (χ4v) is 3.14. The molecule has 3 aromatic rings. The molecule has 0 aliphatic heterocycles. The molecule has 3 aromatic carbocycles. The molecule has 0 heterocycles. The Hall–Kier alpha value is -3.64. The third-order valence-electron chi connectivity index (χ3n) is 4.59. The predicted octanol–water partition coefficient (Wildman–Crippen LogP) is 4.29. The molecule has 0 atom stereocenters. The largest absolute Gasteiger partial charge is 0.497 e. The van der Waals surface area contributed by atoms with Crippen molar-refractivity contribution < 1.29 is 19.1 Å². The first kappa shape index (κ1) is 22.1. The molecule has 2 amide bonds. The van der Waals surface area contributed by atoms with E-state index in [-0.39, 0.29) is 29.4 Å². The van der Waals surface area contributed by atoms with Gasteiger partial charge in [-0.25, -0.2) is 0 Å². The van der Waals surface area contributed by atoms with Crippen molar-refractivity contribution in [2.75, 3.05) is 26.0 Å². The SMILES string of the molecule is COc1cccc(NC(=O)CN(C)C(=O)c2ccccc2C(=O)c2ccc(Cl)cc2)c1. The van der Waals surface area contributed by atoms with E-state index < -0.39 is 5.91 Å². The first-order valence-electron chi connectivity index (χ1n) is 9.47. The zero-order chi connectivity index (χ0) is 22.4. The van der Waals surface area contributed by atoms with Crippen molar-refractivity contribution in [2.45, 2.75) is 0 Å². The fraction of sp³-hybridized carbons (Fsp3) is 0.125. The van der Waals surface area contributed by atoms with E-state index in [2.05, 4.69) is 5.32 Å². The van der Waals surface area contributed by atoms with Crippen molar-refractivity contribution in [1.82, 2.24) is 4.90 Å². The summed E-state index contributed by atoms with van der Waals surface area (Å²) in [6.45, 7) is -0.181. The van der Waals surface area contributed by atoms with Gasteiger partial charge in [0.15, 0.2) is 5.78 Å². The Morgan fingerprint density at radius 2 is 1.61 bits per heavy atom. The number of carbonyl (C=O) groups excluding carboxylic acids is 3. The maximum Gasteiger partial charge on any atom is 0.254 e. The van der Waals surface area contributed by atoms with Crippen molar-refractivity contribution in [1.29, 1.82) is 0 Å². The topological polar surface area (TPSA) is 75.7 Å². The number of rotatable bonds is 7. The molecule has 0 aliphatic carbocycles. The molecule has 0 radical (unpaired) electrons. The second-order valence-corrected chi connectivity index (χ2v) is 7.26. The van der Waals surface area contributed by atoms with Gasteiger partial charge in [0.25, 0.3) is 5.91 Å². The van der Waals surface area contributed by atoms with Crippen LogP contribution in [0.25, 0.3) is 0 Å². The van der Waals surface area contributed by atoms with E-state index >= 15 is 0 Å². The highest BCUT2D eigenvalue weighted by atomic mass is 35.5. The van der Waals surface area contributed by atoms with Crippen LogP contribution in [0, 0.1) is 0 Å². The number of ketones is 1. The number of ether oxygens (including phenoxy) is 1. The summed E-state index contributed by atoms with van der Waals surface area (Å²) in [7, 11) is 3.05. The predicted molar refractivity (Wildman–Crippen MR) is 120 cm³/mol. The van der Waals surface area contributed by atoms with Crippen molar-refractivity contribution in [3.8, 4) is 5.75 Å². The standard InChI is InChI=1S/C24H21ClN2O4/c1-27(15-22(28)26-18-6-5-7-19(14-18)31-2)24(30)21-9-4-3-8-20(21)23(29)16-10-12-17(25)13-11-16/h3-14H,15H2,1-2H3,(H,26,28). The molecule has 0 saturated carbocycles. The Morgan fingerprint density at radius 1 is 0.935 bits per heavy atom. The number of carbonyl (C=O) groups is 3. The highest BCUT2D eigenvalue weighted by molar-refractivity contribution is 6.30. The summed E-state index contributed by atoms with van der Waals surface area (Å²) in [5, 5.41) is 3.25. The van der Waals surface area contributed by atoms with E-state index in [9.17, 15) is 14.4 Å². The van der Waals surface area contributed by atoms with Gasteiger partial charge in [-0.2, -0.15) is 0 Å². The number of amides is 2. The third kappa shape index (κ3) is 5.49. The molecule has 0 aromatic heterocycles. The number of methoxy groups -OCH3 is 1. The smallest absolute Gasteiger partial charge is 0.254 e. The number of nitrogens with one attached hydrogen (secondary N) is 1. The molecule has 0 aliphatic rings. The van der Waals surface area contributed by atoms with E-state index in [1.54, 1.807) is 72.8 Å². The second-order valence-electron chi connectivity index (χ2n) is 6.82. The first-order valence-corrected chi connectivity index (χ1v) is 9.85. The Balaban J connectivity index is 1.74. The number of hydrogen-bond donors (Lipinski definition) is 1. The van der Waals surface area contributed by atoms with Gasteiger partial charge in [-0.15, -0.1) is 0 Å². The second kappa shape index (κ2) is 9.91. The van der Waals surface area contributed by atoms with Crippen molar-refractivity contribution in [3.05, 3.63) is 94.5 Å². The molecule has 1 N–H and O–H groups in total. The molecule has 31 heavy (non-hydrogen) atoms. The number of nitrogens with zero attached hydrogens (tertiary/aromatic N) is 1. The Kier molecular flexibility index (Phi) is 7.05. The lowest BCUT2D eigenvalue weighted by Crippen LogP contribution is -2.35. The molecule has 0 saturated heterocycles. The quantitative estimate of drug-likeness (QED) is 0.560. The molecular formula is C24H21ClN2O4. The van der Waals surface area contributed by atoms with Gasteiger partial charge in [0.2, 0.25) is 5.91 Å². The summed E-state index contributed by atoms with van der Waals surface area (Å²) in [4.78, 5) is 39.6. The van der Waals surface area contributed by atoms with Crippen molar-refractivity contribution in [3.63, 3.8) is 0 Å². The monoisotopic (exact) mass is 436 g/mol. The lowest BCUT2D eigenvalue weighted by Gasteiger charge is -2.18. The summed E-state index contributed by atoms with van der Waals surface area (Å²) >= 11 is 5.89. The van der Waals surface area contributed by atoms with Crippen LogP contribution in [0.1, 0.15) is 26.3 Å². The van der Waals surface area contributed by atoms with Crippen LogP contribution < -0.4 is 10.1 Å². The van der Waals surface area contributed by atoms with Crippen LogP contribution in [0.2, 0.25) is 5.02 Å².